The molecule has 6 nitrogen and oxygen atoms in total. The predicted octanol–water partition coefficient (Wildman–Crippen LogP) is 4.99. The molecule has 0 saturated heterocycles. The van der Waals surface area contributed by atoms with E-state index >= 15 is 0 Å². The number of rotatable bonds is 5. The number of hydrogen-bond acceptors (Lipinski definition) is 6. The lowest BCUT2D eigenvalue weighted by Crippen LogP contribution is -2.02. The fraction of sp³-hybridized carbons (Fsp3) is 0.0909. The van der Waals surface area contributed by atoms with Crippen molar-refractivity contribution in [1.82, 2.24) is 9.97 Å². The van der Waals surface area contributed by atoms with Crippen molar-refractivity contribution >= 4 is 29.2 Å². The van der Waals surface area contributed by atoms with Gasteiger partial charge in [-0.05, 0) is 79.0 Å². The molecule has 0 saturated carbocycles. The van der Waals surface area contributed by atoms with Gasteiger partial charge >= 0.3 is 0 Å². The van der Waals surface area contributed by atoms with Crippen LogP contribution in [-0.4, -0.2) is 9.97 Å². The molecule has 0 unspecified atom stereocenters. The second kappa shape index (κ2) is 8.48. The van der Waals surface area contributed by atoms with E-state index in [1.54, 1.807) is 26.0 Å². The molecule has 0 bridgehead atoms. The summed E-state index contributed by atoms with van der Waals surface area (Å²) in [6.45, 7) is 3.25. The van der Waals surface area contributed by atoms with E-state index in [1.165, 1.54) is 18.3 Å². The number of allylic oxidation sites excluding steroid dienone is 1. The Kier molecular flexibility index (Phi) is 3.72. The van der Waals surface area contributed by atoms with Crippen molar-refractivity contribution in [2.24, 2.45) is 0 Å². The van der Waals surface area contributed by atoms with E-state index in [9.17, 15) is 0 Å². The molecule has 0 radical (unpaired) electrons. The molecule has 2 aromatic carbocycles. The average molecular weight is 372 g/mol. The second-order valence-corrected chi connectivity index (χ2v) is 5.65. The molecule has 0 aliphatic heterocycles. The normalized spacial score (nSPS) is 14.0. The summed E-state index contributed by atoms with van der Waals surface area (Å²) in [5.74, 6) is 0.395. The standard InChI is InChI=1S/C22H18N6/c1-15-12-18(4-3-10-23)13-16(2)21(15)27-20-9-11-25-22(28-20)26-19-7-5-17(14-24)6-8-19/h3-9,11-13H,1-2H3,(H2,25,26,27,28)/b4-3+/i3D,4D,7D,8D,12D,13D. The summed E-state index contributed by atoms with van der Waals surface area (Å²) in [5.41, 5.74) is 1.46. The third-order valence-electron chi connectivity index (χ3n) is 3.64. The number of anilines is 4. The number of hydrogen-bond donors (Lipinski definition) is 2. The van der Waals surface area contributed by atoms with Gasteiger partial charge in [0, 0.05) is 23.6 Å². The van der Waals surface area contributed by atoms with Crippen molar-refractivity contribution in [3.8, 4) is 12.1 Å². The SMILES string of the molecule is [2H]/C(C#N)=C(/[2H])c1c([2H])c(C)c(Nc2ccnc(Nc3c([2H])cc(C#N)cc3[2H])n2)c(C)c1[2H]. The van der Waals surface area contributed by atoms with Gasteiger partial charge in [0.05, 0.1) is 25.9 Å². The Bertz CT molecular complexity index is 1370. The van der Waals surface area contributed by atoms with Gasteiger partial charge in [0.2, 0.25) is 5.95 Å². The fourth-order valence-electron chi connectivity index (χ4n) is 2.40. The molecular formula is C22H18N6. The molecule has 2 N–H and O–H groups in total. The largest absolute Gasteiger partial charge is 0.340 e. The van der Waals surface area contributed by atoms with Gasteiger partial charge in [-0.3, -0.25) is 0 Å². The monoisotopic (exact) mass is 372 g/mol. The zero-order valence-electron chi connectivity index (χ0n) is 21.1. The number of aromatic nitrogens is 2. The van der Waals surface area contributed by atoms with Crippen molar-refractivity contribution in [2.45, 2.75) is 13.8 Å². The van der Waals surface area contributed by atoms with E-state index < -0.39 is 12.1 Å². The molecule has 6 heteroatoms. The van der Waals surface area contributed by atoms with Crippen LogP contribution in [0.1, 0.15) is 30.5 Å². The number of nitrogens with zero attached hydrogens (tertiary/aromatic N) is 4. The van der Waals surface area contributed by atoms with Crippen LogP contribution >= 0.6 is 0 Å². The molecule has 0 spiro atoms. The summed E-state index contributed by atoms with van der Waals surface area (Å²) in [6.07, 6.45) is 1.45. The van der Waals surface area contributed by atoms with Crippen LogP contribution in [0.15, 0.2) is 54.6 Å². The van der Waals surface area contributed by atoms with Crippen molar-refractivity contribution < 1.29 is 8.22 Å². The van der Waals surface area contributed by atoms with Gasteiger partial charge < -0.3 is 10.6 Å². The highest BCUT2D eigenvalue weighted by Crippen LogP contribution is 2.26. The van der Waals surface area contributed by atoms with E-state index in [1.807, 2.05) is 6.07 Å². The first kappa shape index (κ1) is 12.3. The summed E-state index contributed by atoms with van der Waals surface area (Å²) in [7, 11) is 0. The molecule has 0 amide bonds. The van der Waals surface area contributed by atoms with Gasteiger partial charge in [-0.1, -0.05) is 0 Å². The average Bonchev–Trinajstić information content (AvgIpc) is 2.82. The fourth-order valence-corrected chi connectivity index (χ4v) is 2.40. The number of nitrogens with one attached hydrogen (secondary N) is 2. The Hall–Kier alpha value is -4.16. The minimum absolute atomic E-state index is 0.0589. The van der Waals surface area contributed by atoms with E-state index in [0.29, 0.717) is 22.6 Å². The van der Waals surface area contributed by atoms with Crippen LogP contribution in [0, 0.1) is 36.5 Å². The van der Waals surface area contributed by atoms with Crippen LogP contribution in [0.4, 0.5) is 23.1 Å². The molecule has 3 aromatic rings. The second-order valence-electron chi connectivity index (χ2n) is 5.65. The Labute approximate surface area is 172 Å². The Morgan fingerprint density at radius 3 is 2.46 bits per heavy atom. The zero-order chi connectivity index (χ0) is 25.2. The third-order valence-corrected chi connectivity index (χ3v) is 3.64. The van der Waals surface area contributed by atoms with Gasteiger partial charge in [-0.2, -0.15) is 15.5 Å². The van der Waals surface area contributed by atoms with Crippen molar-refractivity contribution in [2.75, 3.05) is 10.6 Å². The minimum atomic E-state index is -0.627. The lowest BCUT2D eigenvalue weighted by molar-refractivity contribution is 1.16. The highest BCUT2D eigenvalue weighted by atomic mass is 15.1. The maximum Gasteiger partial charge on any atom is 0.229 e. The van der Waals surface area contributed by atoms with Crippen LogP contribution < -0.4 is 10.6 Å². The molecule has 1 heterocycles. The first-order valence-corrected chi connectivity index (χ1v) is 8.15. The summed E-state index contributed by atoms with van der Waals surface area (Å²) < 4.78 is 48.5. The first-order valence-electron chi connectivity index (χ1n) is 11.2. The Morgan fingerprint density at radius 1 is 1.11 bits per heavy atom. The maximum absolute atomic E-state index is 8.98. The Morgan fingerprint density at radius 2 is 1.82 bits per heavy atom. The molecular weight excluding hydrogens is 348 g/mol. The van der Waals surface area contributed by atoms with Crippen LogP contribution in [0.5, 0.6) is 0 Å². The lowest BCUT2D eigenvalue weighted by atomic mass is 10.0. The number of benzene rings is 2. The van der Waals surface area contributed by atoms with Crippen LogP contribution in [-0.2, 0) is 0 Å². The quantitative estimate of drug-likeness (QED) is 0.612. The van der Waals surface area contributed by atoms with Crippen molar-refractivity contribution in [3.05, 3.63) is 76.9 Å². The van der Waals surface area contributed by atoms with Gasteiger partial charge in [-0.15, -0.1) is 0 Å². The molecule has 0 aliphatic rings. The van der Waals surface area contributed by atoms with Crippen molar-refractivity contribution in [3.63, 3.8) is 0 Å². The van der Waals surface area contributed by atoms with Gasteiger partial charge in [0.25, 0.3) is 0 Å². The highest BCUT2D eigenvalue weighted by molar-refractivity contribution is 5.69. The number of nitriles is 2. The van der Waals surface area contributed by atoms with Crippen molar-refractivity contribution in [1.29, 1.82) is 10.5 Å². The van der Waals surface area contributed by atoms with Gasteiger partial charge in [0.15, 0.2) is 0 Å². The predicted molar refractivity (Wildman–Crippen MR) is 110 cm³/mol. The highest BCUT2D eigenvalue weighted by Gasteiger charge is 2.07. The molecule has 0 fully saturated rings. The van der Waals surface area contributed by atoms with E-state index in [4.69, 9.17) is 18.7 Å². The third kappa shape index (κ3) is 4.51. The van der Waals surface area contributed by atoms with Crippen LogP contribution in [0.25, 0.3) is 6.05 Å². The summed E-state index contributed by atoms with van der Waals surface area (Å²) in [4.78, 5) is 8.42. The smallest absolute Gasteiger partial charge is 0.229 e. The van der Waals surface area contributed by atoms with Crippen LogP contribution in [0.2, 0.25) is 0 Å². The molecule has 0 aliphatic carbocycles. The van der Waals surface area contributed by atoms with E-state index in [2.05, 4.69) is 20.6 Å². The van der Waals surface area contributed by atoms with E-state index in [0.717, 1.165) is 0 Å². The minimum Gasteiger partial charge on any atom is -0.340 e. The molecule has 1 aromatic heterocycles. The summed E-state index contributed by atoms with van der Waals surface area (Å²) >= 11 is 0. The maximum atomic E-state index is 8.98. The van der Waals surface area contributed by atoms with Gasteiger partial charge in [0.1, 0.15) is 5.82 Å². The summed E-state index contributed by atoms with van der Waals surface area (Å²) in [5, 5.41) is 23.8. The topological polar surface area (TPSA) is 97.4 Å². The zero-order valence-corrected chi connectivity index (χ0v) is 15.1. The first-order chi connectivity index (χ1) is 16.1. The molecule has 136 valence electrons. The van der Waals surface area contributed by atoms with Gasteiger partial charge in [-0.25, -0.2) is 4.98 Å². The Balaban J connectivity index is 1.99. The lowest BCUT2D eigenvalue weighted by Gasteiger charge is -2.14. The molecule has 28 heavy (non-hydrogen) atoms. The molecule has 0 atom stereocenters. The summed E-state index contributed by atoms with van der Waals surface area (Å²) in [6, 6.07) is 6.14. The van der Waals surface area contributed by atoms with Crippen LogP contribution in [0.3, 0.4) is 0 Å². The molecule has 3 rings (SSSR count). The van der Waals surface area contributed by atoms with E-state index in [-0.39, 0.29) is 46.9 Å².